The number of aryl methyl sites for hydroxylation is 2. The summed E-state index contributed by atoms with van der Waals surface area (Å²) in [5.74, 6) is 1.22. The van der Waals surface area contributed by atoms with E-state index >= 15 is 0 Å². The molecule has 0 aliphatic heterocycles. The second-order valence-corrected chi connectivity index (χ2v) is 8.94. The topological polar surface area (TPSA) is 73.0 Å². The molecule has 3 aromatic rings. The zero-order valence-corrected chi connectivity index (χ0v) is 19.3. The van der Waals surface area contributed by atoms with Crippen molar-refractivity contribution in [2.75, 3.05) is 5.32 Å². The minimum Gasteiger partial charge on any atom is -0.360 e. The van der Waals surface area contributed by atoms with E-state index in [1.165, 1.54) is 6.42 Å². The molecule has 0 fully saturated rings. The molecule has 31 heavy (non-hydrogen) atoms. The molecule has 2 heterocycles. The van der Waals surface area contributed by atoms with Gasteiger partial charge in [-0.3, -0.25) is 9.48 Å². The van der Waals surface area contributed by atoms with E-state index in [9.17, 15) is 4.79 Å². The van der Waals surface area contributed by atoms with Gasteiger partial charge in [0.1, 0.15) is 5.76 Å². The van der Waals surface area contributed by atoms with Gasteiger partial charge in [0.25, 0.3) is 5.91 Å². The first kappa shape index (κ1) is 21.6. The fourth-order valence-corrected chi connectivity index (χ4v) is 4.71. The standard InChI is InChI=1S/C24H29ClN4O2/c1-5-6-17-7-12-21-20(13-17)23(28-31-21)24(30)26-22-14(2)27-29(16(22)4)15(3)18-8-10-19(25)11-9-18/h8-11,15,17H,5-7,12-13H2,1-4H3,(H,26,30). The fourth-order valence-electron chi connectivity index (χ4n) is 4.59. The number of hydrogen-bond acceptors (Lipinski definition) is 4. The molecule has 1 amide bonds. The zero-order valence-electron chi connectivity index (χ0n) is 18.5. The van der Waals surface area contributed by atoms with Crippen LogP contribution in [-0.4, -0.2) is 20.8 Å². The van der Waals surface area contributed by atoms with Crippen LogP contribution in [0.3, 0.4) is 0 Å². The van der Waals surface area contributed by atoms with Crippen LogP contribution >= 0.6 is 11.6 Å². The summed E-state index contributed by atoms with van der Waals surface area (Å²) in [5, 5.41) is 12.6. The van der Waals surface area contributed by atoms with Crippen LogP contribution in [0.5, 0.6) is 0 Å². The second-order valence-electron chi connectivity index (χ2n) is 8.50. The van der Waals surface area contributed by atoms with Gasteiger partial charge in [-0.05, 0) is 57.2 Å². The van der Waals surface area contributed by atoms with Crippen molar-refractivity contribution in [2.24, 2.45) is 5.92 Å². The van der Waals surface area contributed by atoms with E-state index in [4.69, 9.17) is 21.2 Å². The van der Waals surface area contributed by atoms with Crippen molar-refractivity contribution in [1.29, 1.82) is 0 Å². The lowest BCUT2D eigenvalue weighted by molar-refractivity contribution is 0.101. The molecule has 0 spiro atoms. The third-order valence-corrected chi connectivity index (χ3v) is 6.59. The molecular formula is C24H29ClN4O2. The minimum atomic E-state index is -0.230. The van der Waals surface area contributed by atoms with Gasteiger partial charge in [-0.15, -0.1) is 0 Å². The van der Waals surface area contributed by atoms with Gasteiger partial charge in [-0.25, -0.2) is 0 Å². The van der Waals surface area contributed by atoms with Crippen LogP contribution < -0.4 is 5.32 Å². The Morgan fingerprint density at radius 2 is 2.06 bits per heavy atom. The van der Waals surface area contributed by atoms with Crippen LogP contribution in [-0.2, 0) is 12.8 Å². The Balaban J connectivity index is 1.56. The molecule has 0 saturated carbocycles. The van der Waals surface area contributed by atoms with Crippen LogP contribution in [0.15, 0.2) is 28.8 Å². The Bertz CT molecular complexity index is 1080. The van der Waals surface area contributed by atoms with Crippen molar-refractivity contribution in [3.8, 4) is 0 Å². The number of fused-ring (bicyclic) bond motifs is 1. The highest BCUT2D eigenvalue weighted by atomic mass is 35.5. The third kappa shape index (κ3) is 4.26. The quantitative estimate of drug-likeness (QED) is 0.517. The number of anilines is 1. The van der Waals surface area contributed by atoms with E-state index in [0.29, 0.717) is 16.6 Å². The van der Waals surface area contributed by atoms with Crippen LogP contribution in [0, 0.1) is 19.8 Å². The number of rotatable bonds is 6. The normalized spacial score (nSPS) is 16.7. The lowest BCUT2D eigenvalue weighted by atomic mass is 9.84. The molecule has 4 rings (SSSR count). The van der Waals surface area contributed by atoms with Gasteiger partial charge in [-0.1, -0.05) is 48.7 Å². The third-order valence-electron chi connectivity index (χ3n) is 6.34. The van der Waals surface area contributed by atoms with Gasteiger partial charge in [0.15, 0.2) is 5.69 Å². The predicted octanol–water partition coefficient (Wildman–Crippen LogP) is 5.91. The number of carbonyl (C=O) groups excluding carboxylic acids is 1. The average Bonchev–Trinajstić information content (AvgIpc) is 3.30. The summed E-state index contributed by atoms with van der Waals surface area (Å²) in [7, 11) is 0. The Labute approximate surface area is 188 Å². The summed E-state index contributed by atoms with van der Waals surface area (Å²) in [6.07, 6.45) is 5.13. The Morgan fingerprint density at radius 3 is 2.77 bits per heavy atom. The molecule has 164 valence electrons. The highest BCUT2D eigenvalue weighted by Gasteiger charge is 2.29. The Kier molecular flexibility index (Phi) is 6.19. The molecule has 0 radical (unpaired) electrons. The molecule has 2 aromatic heterocycles. The monoisotopic (exact) mass is 440 g/mol. The number of aromatic nitrogens is 3. The van der Waals surface area contributed by atoms with Crippen LogP contribution in [0.4, 0.5) is 5.69 Å². The lowest BCUT2D eigenvalue weighted by Gasteiger charge is -2.20. The number of halogens is 1. The Morgan fingerprint density at radius 1 is 1.32 bits per heavy atom. The number of benzene rings is 1. The zero-order chi connectivity index (χ0) is 22.1. The van der Waals surface area contributed by atoms with Crippen molar-refractivity contribution >= 4 is 23.2 Å². The van der Waals surface area contributed by atoms with Gasteiger partial charge >= 0.3 is 0 Å². The number of carbonyl (C=O) groups is 1. The molecule has 2 atom stereocenters. The maximum Gasteiger partial charge on any atom is 0.278 e. The SMILES string of the molecule is CCCC1CCc2onc(C(=O)Nc3c(C)nn(C(C)c4ccc(Cl)cc4)c3C)c2C1. The molecule has 2 unspecified atom stereocenters. The molecule has 1 aliphatic rings. The molecule has 7 heteroatoms. The van der Waals surface area contributed by atoms with E-state index in [-0.39, 0.29) is 11.9 Å². The maximum atomic E-state index is 13.1. The highest BCUT2D eigenvalue weighted by Crippen LogP contribution is 2.32. The lowest BCUT2D eigenvalue weighted by Crippen LogP contribution is -2.19. The van der Waals surface area contributed by atoms with Gasteiger partial charge in [0.2, 0.25) is 0 Å². The second kappa shape index (κ2) is 8.87. The van der Waals surface area contributed by atoms with Crippen LogP contribution in [0.2, 0.25) is 5.02 Å². The van der Waals surface area contributed by atoms with E-state index in [2.05, 4.69) is 24.3 Å². The average molecular weight is 441 g/mol. The van der Waals surface area contributed by atoms with Crippen molar-refractivity contribution in [1.82, 2.24) is 14.9 Å². The van der Waals surface area contributed by atoms with E-state index in [1.807, 2.05) is 42.8 Å². The molecule has 1 aliphatic carbocycles. The summed E-state index contributed by atoms with van der Waals surface area (Å²) < 4.78 is 7.44. The summed E-state index contributed by atoms with van der Waals surface area (Å²) >= 11 is 6.02. The Hall–Kier alpha value is -2.60. The first-order valence-electron chi connectivity index (χ1n) is 11.0. The smallest absolute Gasteiger partial charge is 0.278 e. The van der Waals surface area contributed by atoms with Crippen molar-refractivity contribution in [3.05, 3.63) is 63.3 Å². The fraction of sp³-hybridized carbons (Fsp3) is 0.458. The van der Waals surface area contributed by atoms with Crippen molar-refractivity contribution in [3.63, 3.8) is 0 Å². The predicted molar refractivity (Wildman–Crippen MR) is 122 cm³/mol. The first-order chi connectivity index (χ1) is 14.9. The van der Waals surface area contributed by atoms with Gasteiger partial charge in [0.05, 0.1) is 23.1 Å². The van der Waals surface area contributed by atoms with Gasteiger partial charge in [0, 0.05) is 17.0 Å². The highest BCUT2D eigenvalue weighted by molar-refractivity contribution is 6.30. The van der Waals surface area contributed by atoms with E-state index < -0.39 is 0 Å². The van der Waals surface area contributed by atoms with E-state index in [1.54, 1.807) is 0 Å². The minimum absolute atomic E-state index is 0.0104. The molecule has 6 nitrogen and oxygen atoms in total. The largest absolute Gasteiger partial charge is 0.360 e. The van der Waals surface area contributed by atoms with Gasteiger partial charge < -0.3 is 9.84 Å². The van der Waals surface area contributed by atoms with Crippen LogP contribution in [0.1, 0.15) is 77.9 Å². The maximum absolute atomic E-state index is 13.1. The van der Waals surface area contributed by atoms with Crippen molar-refractivity contribution < 1.29 is 9.32 Å². The number of hydrogen-bond donors (Lipinski definition) is 1. The number of nitrogens with zero attached hydrogens (tertiary/aromatic N) is 3. The number of amides is 1. The summed E-state index contributed by atoms with van der Waals surface area (Å²) in [5.41, 5.74) is 4.87. The summed E-state index contributed by atoms with van der Waals surface area (Å²) in [6, 6.07) is 7.76. The molecule has 0 saturated heterocycles. The molecule has 1 N–H and O–H groups in total. The number of nitrogens with one attached hydrogen (secondary N) is 1. The summed E-state index contributed by atoms with van der Waals surface area (Å²) in [6.45, 7) is 8.15. The summed E-state index contributed by atoms with van der Waals surface area (Å²) in [4.78, 5) is 13.1. The van der Waals surface area contributed by atoms with Crippen molar-refractivity contribution in [2.45, 2.75) is 65.8 Å². The van der Waals surface area contributed by atoms with Gasteiger partial charge in [-0.2, -0.15) is 5.10 Å². The molecule has 1 aromatic carbocycles. The first-order valence-corrected chi connectivity index (χ1v) is 11.4. The molecule has 0 bridgehead atoms. The molecular weight excluding hydrogens is 412 g/mol. The van der Waals surface area contributed by atoms with Crippen LogP contribution in [0.25, 0.3) is 0 Å². The van der Waals surface area contributed by atoms with E-state index in [0.717, 1.165) is 59.6 Å².